The van der Waals surface area contributed by atoms with Crippen LogP contribution in [-0.2, 0) is 9.59 Å². The molecule has 122 valence electrons. The minimum absolute atomic E-state index is 0.383. The molecule has 0 fully saturated rings. The summed E-state index contributed by atoms with van der Waals surface area (Å²) < 4.78 is 5.74. The van der Waals surface area contributed by atoms with Gasteiger partial charge in [0.15, 0.2) is 6.10 Å². The largest absolute Gasteiger partial charge is 0.481 e. The fraction of sp³-hybridized carbons (Fsp3) is 0.500. The molecule has 6 heteroatoms. The Balaban J connectivity index is 2.89. The van der Waals surface area contributed by atoms with E-state index in [1.54, 1.807) is 26.0 Å². The molecule has 1 rings (SSSR count). The maximum absolute atomic E-state index is 12.3. The number of carbonyl (C=O) groups is 2. The van der Waals surface area contributed by atoms with E-state index >= 15 is 0 Å². The highest BCUT2D eigenvalue weighted by Gasteiger charge is 2.31. The third-order valence-electron chi connectivity index (χ3n) is 3.28. The van der Waals surface area contributed by atoms with E-state index in [4.69, 9.17) is 27.9 Å². The molecule has 22 heavy (non-hydrogen) atoms. The lowest BCUT2D eigenvalue weighted by Crippen LogP contribution is -2.52. The maximum atomic E-state index is 12.3. The molecule has 1 N–H and O–H groups in total. The van der Waals surface area contributed by atoms with E-state index in [0.29, 0.717) is 17.2 Å². The molecule has 1 amide bonds. The van der Waals surface area contributed by atoms with Gasteiger partial charge in [-0.3, -0.25) is 9.59 Å². The molecule has 0 aliphatic rings. The zero-order valence-electron chi connectivity index (χ0n) is 13.4. The van der Waals surface area contributed by atoms with E-state index in [1.165, 1.54) is 0 Å². The van der Waals surface area contributed by atoms with Gasteiger partial charge in [0.05, 0.1) is 0 Å². The molecule has 0 saturated carbocycles. The van der Waals surface area contributed by atoms with Gasteiger partial charge >= 0.3 is 0 Å². The number of carbonyl (C=O) groups excluding carboxylic acids is 2. The van der Waals surface area contributed by atoms with E-state index in [0.717, 1.165) is 11.1 Å². The van der Waals surface area contributed by atoms with Crippen molar-refractivity contribution in [2.45, 2.75) is 52.7 Å². The van der Waals surface area contributed by atoms with Crippen LogP contribution in [0.2, 0.25) is 5.02 Å². The third kappa shape index (κ3) is 4.62. The number of hydrogen-bond acceptors (Lipinski definition) is 3. The van der Waals surface area contributed by atoms with Gasteiger partial charge in [0, 0.05) is 5.02 Å². The van der Waals surface area contributed by atoms with Gasteiger partial charge in [-0.25, -0.2) is 0 Å². The van der Waals surface area contributed by atoms with Crippen LogP contribution >= 0.6 is 23.2 Å². The van der Waals surface area contributed by atoms with Crippen LogP contribution in [0.3, 0.4) is 0 Å². The predicted molar refractivity (Wildman–Crippen MR) is 88.7 cm³/mol. The summed E-state index contributed by atoms with van der Waals surface area (Å²) in [4.78, 5) is 23.6. The minimum atomic E-state index is -1.14. The first-order valence-electron chi connectivity index (χ1n) is 7.03. The Morgan fingerprint density at radius 2 is 1.77 bits per heavy atom. The van der Waals surface area contributed by atoms with Crippen molar-refractivity contribution in [3.63, 3.8) is 0 Å². The number of ether oxygens (including phenoxy) is 1. The quantitative estimate of drug-likeness (QED) is 0.798. The van der Waals surface area contributed by atoms with Gasteiger partial charge in [-0.1, -0.05) is 18.5 Å². The van der Waals surface area contributed by atoms with Crippen LogP contribution in [0.5, 0.6) is 5.75 Å². The number of nitrogens with one attached hydrogen (secondary N) is 1. The van der Waals surface area contributed by atoms with E-state index in [2.05, 4.69) is 5.32 Å². The van der Waals surface area contributed by atoms with Crippen LogP contribution in [0.25, 0.3) is 0 Å². The molecule has 0 radical (unpaired) electrons. The van der Waals surface area contributed by atoms with Gasteiger partial charge < -0.3 is 10.1 Å². The van der Waals surface area contributed by atoms with E-state index in [1.807, 2.05) is 20.8 Å². The zero-order chi connectivity index (χ0) is 17.1. The van der Waals surface area contributed by atoms with E-state index in [-0.39, 0.29) is 5.91 Å². The zero-order valence-corrected chi connectivity index (χ0v) is 14.9. The lowest BCUT2D eigenvalue weighted by atomic mass is 10.1. The number of hydrogen-bond donors (Lipinski definition) is 1. The fourth-order valence-electron chi connectivity index (χ4n) is 1.90. The number of halogens is 2. The summed E-state index contributed by atoms with van der Waals surface area (Å²) in [5.74, 6) is 0.183. The summed E-state index contributed by atoms with van der Waals surface area (Å²) in [5.41, 5.74) is 0.618. The molecular formula is C16H21Cl2NO3. The standard InChI is InChI=1S/C16H21Cl2NO3/c1-6-12(14(20)19-16(4,5)15(18)21)22-11-7-9(2)13(17)10(3)8-11/h7-8,12H,6H2,1-5H3,(H,19,20). The Morgan fingerprint density at radius 1 is 1.27 bits per heavy atom. The number of amides is 1. The average molecular weight is 346 g/mol. The lowest BCUT2D eigenvalue weighted by Gasteiger charge is -2.25. The van der Waals surface area contributed by atoms with Crippen LogP contribution < -0.4 is 10.1 Å². The van der Waals surface area contributed by atoms with Crippen molar-refractivity contribution in [3.05, 3.63) is 28.3 Å². The van der Waals surface area contributed by atoms with Crippen LogP contribution in [0.15, 0.2) is 12.1 Å². The molecule has 0 saturated heterocycles. The number of aryl methyl sites for hydroxylation is 2. The predicted octanol–water partition coefficient (Wildman–Crippen LogP) is 3.77. The van der Waals surface area contributed by atoms with Crippen LogP contribution in [-0.4, -0.2) is 22.8 Å². The van der Waals surface area contributed by atoms with Crippen LogP contribution in [0.1, 0.15) is 38.3 Å². The Labute approximate surface area is 141 Å². The number of benzene rings is 1. The summed E-state index contributed by atoms with van der Waals surface area (Å²) in [6, 6.07) is 3.56. The highest BCUT2D eigenvalue weighted by molar-refractivity contribution is 6.65. The van der Waals surface area contributed by atoms with Gasteiger partial charge in [0.1, 0.15) is 11.3 Å². The van der Waals surface area contributed by atoms with Gasteiger partial charge in [-0.05, 0) is 69.0 Å². The van der Waals surface area contributed by atoms with Gasteiger partial charge in [0.2, 0.25) is 5.24 Å². The van der Waals surface area contributed by atoms with Crippen molar-refractivity contribution in [2.24, 2.45) is 0 Å². The molecule has 1 aromatic rings. The van der Waals surface area contributed by atoms with Crippen molar-refractivity contribution >= 4 is 34.4 Å². The molecule has 0 aromatic heterocycles. The monoisotopic (exact) mass is 345 g/mol. The summed E-state index contributed by atoms with van der Waals surface area (Å²) in [7, 11) is 0. The second kappa shape index (κ2) is 7.34. The molecule has 1 atom stereocenters. The first kappa shape index (κ1) is 18.8. The second-order valence-corrected chi connectivity index (χ2v) is 6.49. The molecule has 0 heterocycles. The maximum Gasteiger partial charge on any atom is 0.261 e. The Bertz CT molecular complexity index is 562. The Hall–Kier alpha value is -1.26. The van der Waals surface area contributed by atoms with Crippen molar-refractivity contribution < 1.29 is 14.3 Å². The molecule has 4 nitrogen and oxygen atoms in total. The molecule has 1 unspecified atom stereocenters. The highest BCUT2D eigenvalue weighted by Crippen LogP contribution is 2.27. The summed E-state index contributed by atoms with van der Waals surface area (Å²) in [6.45, 7) is 8.67. The molecule has 1 aromatic carbocycles. The van der Waals surface area contributed by atoms with Crippen molar-refractivity contribution in [3.8, 4) is 5.75 Å². The Kier molecular flexibility index (Phi) is 6.27. The van der Waals surface area contributed by atoms with Gasteiger partial charge in [0.25, 0.3) is 5.91 Å². The average Bonchev–Trinajstić information content (AvgIpc) is 2.41. The van der Waals surface area contributed by atoms with Crippen molar-refractivity contribution in [2.75, 3.05) is 0 Å². The first-order valence-corrected chi connectivity index (χ1v) is 7.79. The fourth-order valence-corrected chi connectivity index (χ4v) is 2.05. The highest BCUT2D eigenvalue weighted by atomic mass is 35.5. The Morgan fingerprint density at radius 3 is 2.18 bits per heavy atom. The second-order valence-electron chi connectivity index (χ2n) is 5.77. The normalized spacial score (nSPS) is 12.7. The van der Waals surface area contributed by atoms with Crippen molar-refractivity contribution in [1.29, 1.82) is 0 Å². The topological polar surface area (TPSA) is 55.4 Å². The SMILES string of the molecule is CCC(Oc1cc(C)c(Cl)c(C)c1)C(=O)NC(C)(C)C(=O)Cl. The van der Waals surface area contributed by atoms with E-state index < -0.39 is 16.9 Å². The molecule has 0 aliphatic heterocycles. The first-order chi connectivity index (χ1) is 10.1. The van der Waals surface area contributed by atoms with E-state index in [9.17, 15) is 9.59 Å². The van der Waals surface area contributed by atoms with Gasteiger partial charge in [-0.2, -0.15) is 0 Å². The van der Waals surface area contributed by atoms with Gasteiger partial charge in [-0.15, -0.1) is 0 Å². The molecule has 0 spiro atoms. The summed E-state index contributed by atoms with van der Waals surface area (Å²) in [5, 5.41) is 2.64. The minimum Gasteiger partial charge on any atom is -0.481 e. The molecule has 0 aliphatic carbocycles. The smallest absolute Gasteiger partial charge is 0.261 e. The summed E-state index contributed by atoms with van der Waals surface area (Å²) in [6.07, 6.45) is -0.255. The summed E-state index contributed by atoms with van der Waals surface area (Å²) >= 11 is 11.6. The van der Waals surface area contributed by atoms with Crippen LogP contribution in [0, 0.1) is 13.8 Å². The lowest BCUT2D eigenvalue weighted by molar-refractivity contribution is -0.132. The van der Waals surface area contributed by atoms with Crippen molar-refractivity contribution in [1.82, 2.24) is 5.32 Å². The third-order valence-corrected chi connectivity index (χ3v) is 4.35. The molecule has 0 bridgehead atoms. The molecular weight excluding hydrogens is 325 g/mol. The number of rotatable bonds is 6. The van der Waals surface area contributed by atoms with Crippen LogP contribution in [0.4, 0.5) is 0 Å².